The van der Waals surface area contributed by atoms with Crippen LogP contribution in [0.1, 0.15) is 28.8 Å². The number of nitrogens with zero attached hydrogens (tertiary/aromatic N) is 1. The molecule has 1 heterocycles. The van der Waals surface area contributed by atoms with Crippen LogP contribution in [0.25, 0.3) is 0 Å². The molecule has 1 amide bonds. The fourth-order valence-corrected chi connectivity index (χ4v) is 2.35. The van der Waals surface area contributed by atoms with Crippen LogP contribution in [0, 0.1) is 5.82 Å². The molecule has 0 bridgehead atoms. The molecule has 0 spiro atoms. The summed E-state index contributed by atoms with van der Waals surface area (Å²) in [7, 11) is 0. The molecule has 0 atom stereocenters. The summed E-state index contributed by atoms with van der Waals surface area (Å²) in [6.45, 7) is 0.592. The van der Waals surface area contributed by atoms with Crippen LogP contribution in [0.3, 0.4) is 0 Å². The number of rotatable bonds is 4. The zero-order valence-electron chi connectivity index (χ0n) is 11.0. The highest BCUT2D eigenvalue weighted by atomic mass is 19.1. The standard InChI is InChI=1S/C16H15FN2O/c17-14-5-3-12(4-6-14)15(20)19-11-16(7-8-16)13-2-1-9-18-10-13/h1-6,9-10H,7-8,11H2,(H,19,20). The van der Waals surface area contributed by atoms with E-state index in [1.54, 1.807) is 6.20 Å². The Balaban J connectivity index is 1.65. The number of nitrogens with one attached hydrogen (secondary N) is 1. The second kappa shape index (κ2) is 5.04. The number of carbonyl (C=O) groups excluding carboxylic acids is 1. The molecule has 1 saturated carbocycles. The van der Waals surface area contributed by atoms with E-state index in [0.717, 1.165) is 12.8 Å². The van der Waals surface area contributed by atoms with E-state index in [9.17, 15) is 9.18 Å². The molecule has 0 saturated heterocycles. The van der Waals surface area contributed by atoms with Crippen LogP contribution in [-0.4, -0.2) is 17.4 Å². The van der Waals surface area contributed by atoms with E-state index in [1.807, 2.05) is 18.3 Å². The van der Waals surface area contributed by atoms with Gasteiger partial charge in [-0.15, -0.1) is 0 Å². The highest BCUT2D eigenvalue weighted by molar-refractivity contribution is 5.94. The number of halogens is 1. The fraction of sp³-hybridized carbons (Fsp3) is 0.250. The number of amides is 1. The number of carbonyl (C=O) groups is 1. The van der Waals surface area contributed by atoms with Crippen molar-refractivity contribution in [2.75, 3.05) is 6.54 Å². The van der Waals surface area contributed by atoms with Gasteiger partial charge in [-0.25, -0.2) is 4.39 Å². The largest absolute Gasteiger partial charge is 0.351 e. The maximum Gasteiger partial charge on any atom is 0.251 e. The van der Waals surface area contributed by atoms with Crippen LogP contribution in [0.5, 0.6) is 0 Å². The Morgan fingerprint density at radius 2 is 2.00 bits per heavy atom. The minimum absolute atomic E-state index is 0.0317. The molecular weight excluding hydrogens is 255 g/mol. The SMILES string of the molecule is O=C(NCC1(c2cccnc2)CC1)c1ccc(F)cc1. The first kappa shape index (κ1) is 12.8. The van der Waals surface area contributed by atoms with Crippen LogP contribution in [-0.2, 0) is 5.41 Å². The van der Waals surface area contributed by atoms with E-state index >= 15 is 0 Å². The van der Waals surface area contributed by atoms with Crippen molar-refractivity contribution in [3.05, 3.63) is 65.7 Å². The Morgan fingerprint density at radius 1 is 1.25 bits per heavy atom. The minimum Gasteiger partial charge on any atom is -0.351 e. The summed E-state index contributed by atoms with van der Waals surface area (Å²) in [5.74, 6) is -0.504. The van der Waals surface area contributed by atoms with E-state index in [-0.39, 0.29) is 17.1 Å². The molecule has 102 valence electrons. The number of hydrogen-bond acceptors (Lipinski definition) is 2. The summed E-state index contributed by atoms with van der Waals surface area (Å²) in [6, 6.07) is 9.54. The van der Waals surface area contributed by atoms with Gasteiger partial charge in [-0.1, -0.05) is 6.07 Å². The Labute approximate surface area is 116 Å². The van der Waals surface area contributed by atoms with Gasteiger partial charge in [0.25, 0.3) is 5.91 Å². The molecule has 1 aromatic heterocycles. The molecule has 1 fully saturated rings. The van der Waals surface area contributed by atoms with Gasteiger partial charge in [0, 0.05) is 29.9 Å². The van der Waals surface area contributed by atoms with Crippen molar-refractivity contribution in [2.45, 2.75) is 18.3 Å². The average Bonchev–Trinajstić information content (AvgIpc) is 3.28. The van der Waals surface area contributed by atoms with Crippen LogP contribution in [0.4, 0.5) is 4.39 Å². The predicted molar refractivity (Wildman–Crippen MR) is 73.9 cm³/mol. The van der Waals surface area contributed by atoms with Crippen LogP contribution in [0.2, 0.25) is 0 Å². The first-order chi connectivity index (χ1) is 9.70. The van der Waals surface area contributed by atoms with E-state index in [1.165, 1.54) is 29.8 Å². The molecule has 1 N–H and O–H groups in total. The quantitative estimate of drug-likeness (QED) is 0.928. The van der Waals surface area contributed by atoms with Crippen LogP contribution >= 0.6 is 0 Å². The van der Waals surface area contributed by atoms with Gasteiger partial charge in [0.1, 0.15) is 5.82 Å². The van der Waals surface area contributed by atoms with Crippen molar-refractivity contribution >= 4 is 5.91 Å². The van der Waals surface area contributed by atoms with Crippen LogP contribution in [0.15, 0.2) is 48.8 Å². The smallest absolute Gasteiger partial charge is 0.251 e. The van der Waals surface area contributed by atoms with Crippen molar-refractivity contribution in [3.8, 4) is 0 Å². The predicted octanol–water partition coefficient (Wildman–Crippen LogP) is 2.68. The molecule has 0 unspecified atom stereocenters. The lowest BCUT2D eigenvalue weighted by Gasteiger charge is -2.16. The number of hydrogen-bond donors (Lipinski definition) is 1. The van der Waals surface area contributed by atoms with Gasteiger partial charge in [-0.3, -0.25) is 9.78 Å². The van der Waals surface area contributed by atoms with Gasteiger partial charge < -0.3 is 5.32 Å². The third-order valence-corrected chi connectivity index (χ3v) is 3.82. The van der Waals surface area contributed by atoms with Gasteiger partial charge in [0.15, 0.2) is 0 Å². The van der Waals surface area contributed by atoms with E-state index in [0.29, 0.717) is 12.1 Å². The van der Waals surface area contributed by atoms with Crippen molar-refractivity contribution < 1.29 is 9.18 Å². The zero-order chi connectivity index (χ0) is 14.0. The lowest BCUT2D eigenvalue weighted by atomic mass is 9.98. The molecule has 20 heavy (non-hydrogen) atoms. The summed E-state index contributed by atoms with van der Waals surface area (Å²) in [5, 5.41) is 2.93. The van der Waals surface area contributed by atoms with E-state index in [2.05, 4.69) is 10.3 Å². The lowest BCUT2D eigenvalue weighted by Crippen LogP contribution is -2.32. The van der Waals surface area contributed by atoms with Crippen molar-refractivity contribution in [3.63, 3.8) is 0 Å². The Kier molecular flexibility index (Phi) is 3.22. The van der Waals surface area contributed by atoms with E-state index in [4.69, 9.17) is 0 Å². The summed E-state index contributed by atoms with van der Waals surface area (Å²) in [6.07, 6.45) is 5.72. The van der Waals surface area contributed by atoms with Crippen molar-refractivity contribution in [1.29, 1.82) is 0 Å². The van der Waals surface area contributed by atoms with Gasteiger partial charge in [-0.05, 0) is 48.7 Å². The molecule has 0 radical (unpaired) electrons. The van der Waals surface area contributed by atoms with Gasteiger partial charge >= 0.3 is 0 Å². The number of benzene rings is 1. The van der Waals surface area contributed by atoms with Crippen LogP contribution < -0.4 is 5.32 Å². The maximum atomic E-state index is 12.8. The highest BCUT2D eigenvalue weighted by Gasteiger charge is 2.44. The lowest BCUT2D eigenvalue weighted by molar-refractivity contribution is 0.0949. The third kappa shape index (κ3) is 2.54. The molecule has 0 aliphatic heterocycles. The number of pyridine rings is 1. The van der Waals surface area contributed by atoms with Gasteiger partial charge in [0.2, 0.25) is 0 Å². The Bertz CT molecular complexity index is 606. The topological polar surface area (TPSA) is 42.0 Å². The monoisotopic (exact) mass is 270 g/mol. The Hall–Kier alpha value is -2.23. The average molecular weight is 270 g/mol. The third-order valence-electron chi connectivity index (χ3n) is 3.82. The molecule has 2 aromatic rings. The first-order valence-corrected chi connectivity index (χ1v) is 6.64. The second-order valence-corrected chi connectivity index (χ2v) is 5.21. The normalized spacial score (nSPS) is 15.7. The molecule has 1 aromatic carbocycles. The molecule has 3 rings (SSSR count). The first-order valence-electron chi connectivity index (χ1n) is 6.64. The van der Waals surface area contributed by atoms with Gasteiger partial charge in [0.05, 0.1) is 0 Å². The maximum absolute atomic E-state index is 12.8. The summed E-state index contributed by atoms with van der Waals surface area (Å²) >= 11 is 0. The van der Waals surface area contributed by atoms with E-state index < -0.39 is 0 Å². The zero-order valence-corrected chi connectivity index (χ0v) is 11.0. The molecule has 4 heteroatoms. The molecular formula is C16H15FN2O. The Morgan fingerprint density at radius 3 is 2.60 bits per heavy atom. The summed E-state index contributed by atoms with van der Waals surface area (Å²) < 4.78 is 12.8. The fourth-order valence-electron chi connectivity index (χ4n) is 2.35. The molecule has 1 aliphatic rings. The summed E-state index contributed by atoms with van der Waals surface area (Å²) in [5.41, 5.74) is 1.68. The number of aromatic nitrogens is 1. The second-order valence-electron chi connectivity index (χ2n) is 5.21. The molecule has 1 aliphatic carbocycles. The summed E-state index contributed by atoms with van der Waals surface area (Å²) in [4.78, 5) is 16.1. The van der Waals surface area contributed by atoms with Crippen molar-refractivity contribution in [1.82, 2.24) is 10.3 Å². The molecule has 3 nitrogen and oxygen atoms in total. The minimum atomic E-state index is -0.337. The highest BCUT2D eigenvalue weighted by Crippen LogP contribution is 2.47. The van der Waals surface area contributed by atoms with Crippen molar-refractivity contribution in [2.24, 2.45) is 0 Å². The van der Waals surface area contributed by atoms with Gasteiger partial charge in [-0.2, -0.15) is 0 Å².